The Morgan fingerprint density at radius 1 is 1.26 bits per heavy atom. The minimum Gasteiger partial charge on any atom is -0.345 e. The van der Waals surface area contributed by atoms with Crippen LogP contribution < -0.4 is 5.32 Å². The first-order chi connectivity index (χ1) is 13.0. The van der Waals surface area contributed by atoms with Crippen molar-refractivity contribution in [3.05, 3.63) is 69.8 Å². The number of aromatic nitrogens is 2. The third kappa shape index (κ3) is 3.33. The average molecular weight is 381 g/mol. The zero-order chi connectivity index (χ0) is 19.0. The van der Waals surface area contributed by atoms with Gasteiger partial charge in [-0.25, -0.2) is 9.37 Å². The van der Waals surface area contributed by atoms with Gasteiger partial charge in [0.25, 0.3) is 11.6 Å². The fraction of sp³-hybridized carbons (Fsp3) is 0.150. The Hall–Kier alpha value is -3.06. The van der Waals surface area contributed by atoms with E-state index in [1.54, 1.807) is 36.5 Å². The Kier molecular flexibility index (Phi) is 4.45. The molecule has 4 rings (SSSR count). The zero-order valence-corrected chi connectivity index (χ0v) is 15.5. The van der Waals surface area contributed by atoms with Gasteiger partial charge in [-0.15, -0.1) is 11.3 Å². The molecule has 136 valence electrons. The molecule has 27 heavy (non-hydrogen) atoms. The van der Waals surface area contributed by atoms with Crippen molar-refractivity contribution in [3.63, 3.8) is 0 Å². The molecule has 0 saturated heterocycles. The molecule has 1 atom stereocenters. The summed E-state index contributed by atoms with van der Waals surface area (Å²) in [4.78, 5) is 18.5. The fourth-order valence-corrected chi connectivity index (χ4v) is 3.66. The number of halogens is 1. The van der Waals surface area contributed by atoms with Gasteiger partial charge in [-0.2, -0.15) is 0 Å². The molecule has 1 amide bonds. The van der Waals surface area contributed by atoms with Gasteiger partial charge in [-0.3, -0.25) is 4.79 Å². The Labute approximate surface area is 158 Å². The van der Waals surface area contributed by atoms with Gasteiger partial charge < -0.3 is 9.84 Å². The monoisotopic (exact) mass is 381 g/mol. The number of aryl methyl sites for hydroxylation is 1. The lowest BCUT2D eigenvalue weighted by Crippen LogP contribution is -2.26. The number of rotatable bonds is 4. The van der Waals surface area contributed by atoms with E-state index >= 15 is 0 Å². The highest BCUT2D eigenvalue weighted by molar-refractivity contribution is 7.10. The molecule has 3 heterocycles. The number of carbonyl (C=O) groups excluding carboxylic acids is 1. The van der Waals surface area contributed by atoms with Crippen molar-refractivity contribution in [2.75, 3.05) is 0 Å². The molecule has 0 fully saturated rings. The van der Waals surface area contributed by atoms with Gasteiger partial charge in [0, 0.05) is 10.4 Å². The molecule has 0 aliphatic heterocycles. The van der Waals surface area contributed by atoms with Crippen LogP contribution >= 0.6 is 11.3 Å². The van der Waals surface area contributed by atoms with Crippen LogP contribution in [0.1, 0.15) is 33.9 Å². The van der Waals surface area contributed by atoms with Gasteiger partial charge >= 0.3 is 0 Å². The van der Waals surface area contributed by atoms with Crippen LogP contribution in [0.4, 0.5) is 4.39 Å². The summed E-state index contributed by atoms with van der Waals surface area (Å²) < 4.78 is 18.5. The van der Waals surface area contributed by atoms with Crippen molar-refractivity contribution < 1.29 is 13.7 Å². The van der Waals surface area contributed by atoms with Crippen LogP contribution in [0.15, 0.2) is 52.4 Å². The average Bonchev–Trinajstić information content (AvgIpc) is 3.32. The molecule has 0 aliphatic rings. The summed E-state index contributed by atoms with van der Waals surface area (Å²) in [6.45, 7) is 3.70. The van der Waals surface area contributed by atoms with Crippen molar-refractivity contribution in [1.29, 1.82) is 0 Å². The zero-order valence-electron chi connectivity index (χ0n) is 14.7. The molecular weight excluding hydrogens is 365 g/mol. The summed E-state index contributed by atoms with van der Waals surface area (Å²) in [5, 5.41) is 9.50. The van der Waals surface area contributed by atoms with Crippen LogP contribution in [0.5, 0.6) is 0 Å². The molecule has 0 bridgehead atoms. The third-order valence-corrected chi connectivity index (χ3v) is 5.37. The van der Waals surface area contributed by atoms with E-state index in [0.29, 0.717) is 27.9 Å². The second kappa shape index (κ2) is 6.92. The van der Waals surface area contributed by atoms with Crippen molar-refractivity contribution in [2.45, 2.75) is 19.9 Å². The van der Waals surface area contributed by atoms with Gasteiger partial charge in [-0.05, 0) is 55.6 Å². The maximum Gasteiger partial charge on any atom is 0.259 e. The van der Waals surface area contributed by atoms with E-state index in [1.807, 2.05) is 24.4 Å². The van der Waals surface area contributed by atoms with Gasteiger partial charge in [0.1, 0.15) is 5.82 Å². The largest absolute Gasteiger partial charge is 0.345 e. The lowest BCUT2D eigenvalue weighted by molar-refractivity contribution is 0.0942. The Morgan fingerprint density at radius 2 is 2.04 bits per heavy atom. The first-order valence-electron chi connectivity index (χ1n) is 8.40. The highest BCUT2D eigenvalue weighted by Gasteiger charge is 2.21. The molecule has 0 aliphatic carbocycles. The number of nitrogens with zero attached hydrogens (tertiary/aromatic N) is 2. The normalized spacial score (nSPS) is 12.3. The summed E-state index contributed by atoms with van der Waals surface area (Å²) in [7, 11) is 0. The van der Waals surface area contributed by atoms with E-state index in [2.05, 4.69) is 15.5 Å². The predicted molar refractivity (Wildman–Crippen MR) is 102 cm³/mol. The standard InChI is InChI=1S/C20H16FN3O2S/c1-11(17-4-3-9-27-17)22-19(25)15-10-16(13-5-7-14(21)8-6-13)23-20-18(15)12(2)24-26-20/h3-11H,1-2H3,(H,22,25). The number of benzene rings is 1. The first-order valence-corrected chi connectivity index (χ1v) is 9.28. The van der Waals surface area contributed by atoms with Crippen LogP contribution in [-0.2, 0) is 0 Å². The molecule has 4 aromatic rings. The lowest BCUT2D eigenvalue weighted by Gasteiger charge is -2.13. The van der Waals surface area contributed by atoms with E-state index in [-0.39, 0.29) is 23.5 Å². The third-order valence-electron chi connectivity index (χ3n) is 4.32. The number of nitrogens with one attached hydrogen (secondary N) is 1. The summed E-state index contributed by atoms with van der Waals surface area (Å²) in [6.07, 6.45) is 0. The molecule has 1 N–H and O–H groups in total. The molecule has 5 nitrogen and oxygen atoms in total. The van der Waals surface area contributed by atoms with E-state index < -0.39 is 0 Å². The minimum atomic E-state index is -0.335. The topological polar surface area (TPSA) is 68.0 Å². The van der Waals surface area contributed by atoms with Crippen LogP contribution in [0, 0.1) is 12.7 Å². The van der Waals surface area contributed by atoms with Crippen molar-refractivity contribution in [3.8, 4) is 11.3 Å². The maximum absolute atomic E-state index is 13.2. The number of hydrogen-bond acceptors (Lipinski definition) is 5. The van der Waals surface area contributed by atoms with E-state index in [9.17, 15) is 9.18 Å². The number of pyridine rings is 1. The van der Waals surface area contributed by atoms with Crippen LogP contribution in [0.3, 0.4) is 0 Å². The molecule has 1 aromatic carbocycles. The number of hydrogen-bond donors (Lipinski definition) is 1. The number of amides is 1. The minimum absolute atomic E-state index is 0.129. The predicted octanol–water partition coefficient (Wildman–Crippen LogP) is 4.89. The SMILES string of the molecule is Cc1noc2nc(-c3ccc(F)cc3)cc(C(=O)NC(C)c3cccs3)c12. The highest BCUT2D eigenvalue weighted by atomic mass is 32.1. The van der Waals surface area contributed by atoms with Crippen LogP contribution in [-0.4, -0.2) is 16.0 Å². The smallest absolute Gasteiger partial charge is 0.259 e. The van der Waals surface area contributed by atoms with Gasteiger partial charge in [-0.1, -0.05) is 11.2 Å². The van der Waals surface area contributed by atoms with E-state index in [4.69, 9.17) is 4.52 Å². The van der Waals surface area contributed by atoms with Gasteiger partial charge in [0.15, 0.2) is 0 Å². The Balaban J connectivity index is 1.77. The molecule has 1 unspecified atom stereocenters. The van der Waals surface area contributed by atoms with E-state index in [1.165, 1.54) is 12.1 Å². The van der Waals surface area contributed by atoms with Crippen molar-refractivity contribution in [1.82, 2.24) is 15.5 Å². The van der Waals surface area contributed by atoms with Gasteiger partial charge in [0.2, 0.25) is 0 Å². The number of thiophene rings is 1. The van der Waals surface area contributed by atoms with Crippen LogP contribution in [0.2, 0.25) is 0 Å². The van der Waals surface area contributed by atoms with Crippen LogP contribution in [0.25, 0.3) is 22.4 Å². The first kappa shape index (κ1) is 17.4. The second-order valence-corrected chi connectivity index (χ2v) is 7.20. The van der Waals surface area contributed by atoms with Gasteiger partial charge in [0.05, 0.1) is 28.4 Å². The Morgan fingerprint density at radius 3 is 2.74 bits per heavy atom. The molecule has 3 aromatic heterocycles. The fourth-order valence-electron chi connectivity index (χ4n) is 2.93. The summed E-state index contributed by atoms with van der Waals surface area (Å²) in [5.41, 5.74) is 2.52. The molecule has 7 heteroatoms. The maximum atomic E-state index is 13.2. The molecular formula is C20H16FN3O2S. The highest BCUT2D eigenvalue weighted by Crippen LogP contribution is 2.28. The molecule has 0 saturated carbocycles. The second-order valence-electron chi connectivity index (χ2n) is 6.22. The van der Waals surface area contributed by atoms with Crippen molar-refractivity contribution >= 4 is 28.3 Å². The lowest BCUT2D eigenvalue weighted by atomic mass is 10.0. The van der Waals surface area contributed by atoms with E-state index in [0.717, 1.165) is 4.88 Å². The Bertz CT molecular complexity index is 1100. The number of carbonyl (C=O) groups is 1. The molecule has 0 spiro atoms. The summed E-state index contributed by atoms with van der Waals surface area (Å²) in [6, 6.07) is 11.4. The van der Waals surface area contributed by atoms with Crippen molar-refractivity contribution in [2.24, 2.45) is 0 Å². The quantitative estimate of drug-likeness (QED) is 0.546. The summed E-state index contributed by atoms with van der Waals surface area (Å²) in [5.74, 6) is -0.573. The molecule has 0 radical (unpaired) electrons. The summed E-state index contributed by atoms with van der Waals surface area (Å²) >= 11 is 1.58. The number of fused-ring (bicyclic) bond motifs is 1.